The molecule has 0 N–H and O–H groups in total. The summed E-state index contributed by atoms with van der Waals surface area (Å²) in [5.41, 5.74) is 0. The van der Waals surface area contributed by atoms with Crippen molar-refractivity contribution in [3.63, 3.8) is 0 Å². The maximum atomic E-state index is 12.0. The van der Waals surface area contributed by atoms with Gasteiger partial charge in [-0.15, -0.1) is 10.2 Å². The van der Waals surface area contributed by atoms with Gasteiger partial charge in [-0.25, -0.2) is 0 Å². The van der Waals surface area contributed by atoms with E-state index in [0.29, 0.717) is 5.82 Å². The number of rotatable bonds is 6. The van der Waals surface area contributed by atoms with Gasteiger partial charge in [-0.05, 0) is 32.9 Å². The van der Waals surface area contributed by atoms with E-state index in [-0.39, 0.29) is 18.6 Å². The molecular weight excluding hydrogens is 264 g/mol. The minimum Gasteiger partial charge on any atom is -0.462 e. The van der Waals surface area contributed by atoms with Crippen LogP contribution in [-0.4, -0.2) is 44.4 Å². The second-order valence-corrected chi connectivity index (χ2v) is 4.92. The lowest BCUT2D eigenvalue weighted by Crippen LogP contribution is -2.33. The van der Waals surface area contributed by atoms with Crippen molar-refractivity contribution in [2.24, 2.45) is 13.0 Å². The lowest BCUT2D eigenvalue weighted by molar-refractivity contribution is -0.166. The molecule has 112 valence electrons. The second-order valence-electron chi connectivity index (χ2n) is 4.92. The molecule has 0 aromatic carbocycles. The predicted molar refractivity (Wildman–Crippen MR) is 68.4 cm³/mol. The first-order chi connectivity index (χ1) is 9.29. The van der Waals surface area contributed by atoms with Crippen LogP contribution in [0.3, 0.4) is 0 Å². The van der Waals surface area contributed by atoms with Gasteiger partial charge in [-0.2, -0.15) is 4.80 Å². The Labute approximate surface area is 117 Å². The van der Waals surface area contributed by atoms with Crippen molar-refractivity contribution in [1.29, 1.82) is 0 Å². The van der Waals surface area contributed by atoms with E-state index in [0.717, 1.165) is 0 Å². The van der Waals surface area contributed by atoms with Gasteiger partial charge in [-0.1, -0.05) is 0 Å². The fraction of sp³-hybridized carbons (Fsp3) is 0.750. The van der Waals surface area contributed by atoms with E-state index in [9.17, 15) is 9.59 Å². The van der Waals surface area contributed by atoms with E-state index in [1.165, 1.54) is 4.80 Å². The van der Waals surface area contributed by atoms with Crippen LogP contribution in [0.1, 0.15) is 33.5 Å². The van der Waals surface area contributed by atoms with Crippen molar-refractivity contribution in [3.8, 4) is 0 Å². The molecule has 1 rings (SSSR count). The Hall–Kier alpha value is -1.99. The highest BCUT2D eigenvalue weighted by atomic mass is 16.6. The third kappa shape index (κ3) is 4.94. The Morgan fingerprint density at radius 2 is 1.60 bits per heavy atom. The summed E-state index contributed by atoms with van der Waals surface area (Å²) in [5, 5.41) is 11.4. The van der Waals surface area contributed by atoms with Crippen molar-refractivity contribution in [2.45, 2.75) is 46.3 Å². The lowest BCUT2D eigenvalue weighted by atomic mass is 10.1. The fourth-order valence-electron chi connectivity index (χ4n) is 1.48. The molecule has 0 aliphatic rings. The molecule has 0 bridgehead atoms. The molecule has 1 aromatic heterocycles. The molecule has 1 heterocycles. The van der Waals surface area contributed by atoms with Crippen LogP contribution in [0.25, 0.3) is 0 Å². The smallest absolute Gasteiger partial charge is 0.321 e. The number of esters is 2. The molecule has 0 unspecified atom stereocenters. The lowest BCUT2D eigenvalue weighted by Gasteiger charge is -2.17. The number of hydrogen-bond donors (Lipinski definition) is 0. The van der Waals surface area contributed by atoms with Crippen LogP contribution in [0.4, 0.5) is 0 Å². The van der Waals surface area contributed by atoms with Gasteiger partial charge >= 0.3 is 11.9 Å². The van der Waals surface area contributed by atoms with Gasteiger partial charge in [0.15, 0.2) is 11.7 Å². The largest absolute Gasteiger partial charge is 0.462 e. The molecule has 0 aliphatic carbocycles. The molecule has 0 saturated carbocycles. The van der Waals surface area contributed by atoms with E-state index < -0.39 is 17.9 Å². The molecule has 0 aliphatic heterocycles. The molecule has 0 atom stereocenters. The third-order valence-electron chi connectivity index (χ3n) is 2.21. The van der Waals surface area contributed by atoms with Gasteiger partial charge in [-0.3, -0.25) is 9.59 Å². The highest BCUT2D eigenvalue weighted by Crippen LogP contribution is 2.12. The Kier molecular flexibility index (Phi) is 5.60. The number of nitrogens with zero attached hydrogens (tertiary/aromatic N) is 4. The summed E-state index contributed by atoms with van der Waals surface area (Å²) in [4.78, 5) is 25.2. The highest BCUT2D eigenvalue weighted by Gasteiger charge is 2.32. The van der Waals surface area contributed by atoms with Crippen LogP contribution in [0.15, 0.2) is 0 Å². The SMILES string of the molecule is CC(C)OC(=O)C(Cc1nnn(C)n1)C(=O)OC(C)C. The molecule has 8 heteroatoms. The molecule has 8 nitrogen and oxygen atoms in total. The first-order valence-corrected chi connectivity index (χ1v) is 6.43. The van der Waals surface area contributed by atoms with Gasteiger partial charge in [0.2, 0.25) is 0 Å². The quantitative estimate of drug-likeness (QED) is 0.546. The van der Waals surface area contributed by atoms with Crippen LogP contribution >= 0.6 is 0 Å². The number of carbonyl (C=O) groups is 2. The van der Waals surface area contributed by atoms with Gasteiger partial charge in [0, 0.05) is 6.42 Å². The molecule has 0 saturated heterocycles. The summed E-state index contributed by atoms with van der Waals surface area (Å²) < 4.78 is 10.1. The zero-order valence-corrected chi connectivity index (χ0v) is 12.4. The fourth-order valence-corrected chi connectivity index (χ4v) is 1.48. The Morgan fingerprint density at radius 3 is 1.95 bits per heavy atom. The third-order valence-corrected chi connectivity index (χ3v) is 2.21. The summed E-state index contributed by atoms with van der Waals surface area (Å²) in [6.45, 7) is 6.85. The van der Waals surface area contributed by atoms with Crippen molar-refractivity contribution in [1.82, 2.24) is 20.2 Å². The number of carbonyl (C=O) groups excluding carboxylic acids is 2. The van der Waals surface area contributed by atoms with Crippen LogP contribution in [0.5, 0.6) is 0 Å². The second kappa shape index (κ2) is 6.97. The minimum atomic E-state index is -1.08. The monoisotopic (exact) mass is 284 g/mol. The van der Waals surface area contributed by atoms with Gasteiger partial charge < -0.3 is 9.47 Å². The van der Waals surface area contributed by atoms with E-state index in [2.05, 4.69) is 15.4 Å². The number of aromatic nitrogens is 4. The van der Waals surface area contributed by atoms with Crippen LogP contribution in [-0.2, 0) is 32.5 Å². The average molecular weight is 284 g/mol. The van der Waals surface area contributed by atoms with Crippen LogP contribution in [0.2, 0.25) is 0 Å². The molecular formula is C12H20N4O4. The number of aryl methyl sites for hydroxylation is 1. The Balaban J connectivity index is 2.83. The summed E-state index contributed by atoms with van der Waals surface area (Å²) in [5.74, 6) is -2.07. The Morgan fingerprint density at radius 1 is 1.10 bits per heavy atom. The van der Waals surface area contributed by atoms with Crippen molar-refractivity contribution in [2.75, 3.05) is 0 Å². The molecule has 0 fully saturated rings. The van der Waals surface area contributed by atoms with Gasteiger partial charge in [0.25, 0.3) is 0 Å². The molecule has 0 radical (unpaired) electrons. The zero-order valence-electron chi connectivity index (χ0n) is 12.4. The van der Waals surface area contributed by atoms with E-state index in [4.69, 9.17) is 9.47 Å². The first kappa shape index (κ1) is 16.1. The van der Waals surface area contributed by atoms with Gasteiger partial charge in [0.05, 0.1) is 19.3 Å². The zero-order chi connectivity index (χ0) is 15.3. The van der Waals surface area contributed by atoms with E-state index in [1.807, 2.05) is 0 Å². The maximum Gasteiger partial charge on any atom is 0.321 e. The van der Waals surface area contributed by atoms with Crippen LogP contribution < -0.4 is 0 Å². The molecule has 0 spiro atoms. The van der Waals surface area contributed by atoms with Crippen molar-refractivity contribution < 1.29 is 19.1 Å². The number of ether oxygens (including phenoxy) is 2. The van der Waals surface area contributed by atoms with E-state index >= 15 is 0 Å². The van der Waals surface area contributed by atoms with Crippen molar-refractivity contribution >= 4 is 11.9 Å². The highest BCUT2D eigenvalue weighted by molar-refractivity contribution is 5.95. The van der Waals surface area contributed by atoms with E-state index in [1.54, 1.807) is 34.7 Å². The molecule has 20 heavy (non-hydrogen) atoms. The maximum absolute atomic E-state index is 12.0. The summed E-state index contributed by atoms with van der Waals surface area (Å²) in [6, 6.07) is 0. The minimum absolute atomic E-state index is 0.00491. The molecule has 1 aromatic rings. The van der Waals surface area contributed by atoms with Crippen LogP contribution in [0, 0.1) is 5.92 Å². The number of tetrazole rings is 1. The topological polar surface area (TPSA) is 96.2 Å². The predicted octanol–water partition coefficient (Wildman–Crippen LogP) is 0.272. The summed E-state index contributed by atoms with van der Waals surface area (Å²) in [6.07, 6.45) is -0.622. The summed E-state index contributed by atoms with van der Waals surface area (Å²) in [7, 11) is 1.60. The Bertz CT molecular complexity index is 448. The number of hydrogen-bond acceptors (Lipinski definition) is 7. The summed E-state index contributed by atoms with van der Waals surface area (Å²) >= 11 is 0. The van der Waals surface area contributed by atoms with Gasteiger partial charge in [0.1, 0.15) is 0 Å². The standard InChI is InChI=1S/C12H20N4O4/c1-7(2)19-11(17)9(12(18)20-8(3)4)6-10-13-15-16(5)14-10/h7-9H,6H2,1-5H3. The molecule has 0 amide bonds. The normalized spacial score (nSPS) is 11.2. The first-order valence-electron chi connectivity index (χ1n) is 6.43. The van der Waals surface area contributed by atoms with Crippen molar-refractivity contribution in [3.05, 3.63) is 5.82 Å². The average Bonchev–Trinajstić information content (AvgIpc) is 2.69.